The summed E-state index contributed by atoms with van der Waals surface area (Å²) < 4.78 is 1.97. The highest BCUT2D eigenvalue weighted by Gasteiger charge is 2.55. The van der Waals surface area contributed by atoms with E-state index in [0.717, 1.165) is 5.69 Å². The van der Waals surface area contributed by atoms with Crippen molar-refractivity contribution in [3.8, 4) is 0 Å². The Bertz CT molecular complexity index is 701. The maximum Gasteiger partial charge on any atom is 0.235 e. The Morgan fingerprint density at radius 3 is 2.91 bits per heavy atom. The fraction of sp³-hybridized carbons (Fsp3) is 0.438. The number of thioether (sulfide) groups is 1. The number of carboxylic acids is 1. The number of nitrogens with zero attached hydrogens (tertiary/aromatic N) is 2. The van der Waals surface area contributed by atoms with Crippen LogP contribution in [0.4, 0.5) is 0 Å². The van der Waals surface area contributed by atoms with Crippen molar-refractivity contribution in [2.75, 3.05) is 0 Å². The summed E-state index contributed by atoms with van der Waals surface area (Å²) in [6, 6.07) is 5.56. The van der Waals surface area contributed by atoms with E-state index in [2.05, 4.69) is 0 Å². The van der Waals surface area contributed by atoms with Crippen molar-refractivity contribution in [3.63, 3.8) is 0 Å². The molecule has 1 aromatic heterocycles. The van der Waals surface area contributed by atoms with E-state index in [0.29, 0.717) is 17.1 Å². The number of aryl methyl sites for hydroxylation is 1. The van der Waals surface area contributed by atoms with Gasteiger partial charge in [-0.05, 0) is 6.92 Å². The van der Waals surface area contributed by atoms with Gasteiger partial charge in [-0.15, -0.1) is 11.8 Å². The van der Waals surface area contributed by atoms with Crippen LogP contribution in [0.2, 0.25) is 0 Å². The van der Waals surface area contributed by atoms with Crippen molar-refractivity contribution >= 4 is 23.6 Å². The molecule has 7 heteroatoms. The highest BCUT2D eigenvalue weighted by molar-refractivity contribution is 8.02. The second kappa shape index (κ2) is 5.98. The maximum absolute atomic E-state index is 12.1. The summed E-state index contributed by atoms with van der Waals surface area (Å²) >= 11 is 1.41. The lowest BCUT2D eigenvalue weighted by atomic mass is 9.83. The van der Waals surface area contributed by atoms with E-state index in [1.807, 2.05) is 36.0 Å². The largest absolute Gasteiger partial charge is 0.543 e. The molecule has 6 nitrogen and oxygen atoms in total. The first-order valence-electron chi connectivity index (χ1n) is 7.43. The number of fused-ring (bicyclic) bond motifs is 1. The van der Waals surface area contributed by atoms with E-state index >= 15 is 0 Å². The zero-order valence-electron chi connectivity index (χ0n) is 12.9. The molecule has 1 fully saturated rings. The Hall–Kier alpha value is -1.86. The number of carboxylic acid groups (broad SMARTS) is 1. The van der Waals surface area contributed by atoms with Gasteiger partial charge in [0.25, 0.3) is 0 Å². The Morgan fingerprint density at radius 2 is 2.30 bits per heavy atom. The van der Waals surface area contributed by atoms with Crippen LogP contribution in [-0.2, 0) is 22.4 Å². The molecule has 0 radical (unpaired) electrons. The second-order valence-corrected chi connectivity index (χ2v) is 6.97. The normalized spacial score (nSPS) is 24.5. The number of aliphatic hydroxyl groups is 1. The number of aliphatic carboxylic acids is 1. The number of β-lactam (4-membered cyclic amide) rings is 1. The van der Waals surface area contributed by atoms with Gasteiger partial charge in [-0.3, -0.25) is 4.79 Å². The van der Waals surface area contributed by atoms with E-state index in [9.17, 15) is 19.8 Å². The van der Waals surface area contributed by atoms with Crippen molar-refractivity contribution in [1.29, 1.82) is 0 Å². The quantitative estimate of drug-likeness (QED) is 0.570. The lowest BCUT2D eigenvalue weighted by molar-refractivity contribution is -0.678. The van der Waals surface area contributed by atoms with Gasteiger partial charge < -0.3 is 19.9 Å². The van der Waals surface area contributed by atoms with Crippen LogP contribution in [-0.4, -0.2) is 34.0 Å². The van der Waals surface area contributed by atoms with Crippen molar-refractivity contribution in [1.82, 2.24) is 4.90 Å². The maximum atomic E-state index is 12.1. The van der Waals surface area contributed by atoms with Crippen LogP contribution >= 0.6 is 11.8 Å². The molecule has 2 aliphatic rings. The lowest BCUT2D eigenvalue weighted by Crippen LogP contribution is -2.62. The first-order valence-corrected chi connectivity index (χ1v) is 8.42. The van der Waals surface area contributed by atoms with E-state index in [-0.39, 0.29) is 17.6 Å². The van der Waals surface area contributed by atoms with Crippen molar-refractivity contribution < 1.29 is 24.4 Å². The molecule has 0 aromatic carbocycles. The summed E-state index contributed by atoms with van der Waals surface area (Å²) in [5, 5.41) is 21.2. The van der Waals surface area contributed by atoms with Crippen LogP contribution < -0.4 is 9.67 Å². The van der Waals surface area contributed by atoms with Gasteiger partial charge in [-0.1, -0.05) is 6.07 Å². The number of rotatable bonds is 5. The molecule has 122 valence electrons. The molecule has 3 atom stereocenters. The minimum Gasteiger partial charge on any atom is -0.543 e. The number of aromatic nitrogens is 1. The van der Waals surface area contributed by atoms with Gasteiger partial charge >= 0.3 is 0 Å². The second-order valence-electron chi connectivity index (χ2n) is 5.90. The molecule has 1 N–H and O–H groups in total. The van der Waals surface area contributed by atoms with Crippen LogP contribution in [0.15, 0.2) is 35.0 Å². The van der Waals surface area contributed by atoms with Gasteiger partial charge in [0.15, 0.2) is 11.9 Å². The van der Waals surface area contributed by atoms with Crippen molar-refractivity contribution in [2.24, 2.45) is 13.0 Å². The third-order valence-electron chi connectivity index (χ3n) is 4.44. The van der Waals surface area contributed by atoms with Gasteiger partial charge in [0.2, 0.25) is 5.91 Å². The van der Waals surface area contributed by atoms with Crippen LogP contribution in [0.1, 0.15) is 19.0 Å². The summed E-state index contributed by atoms with van der Waals surface area (Å²) in [4.78, 5) is 25.5. The molecular weight excluding hydrogens is 316 g/mol. The Labute approximate surface area is 138 Å². The predicted octanol–water partition coefficient (Wildman–Crippen LogP) is -0.683. The fourth-order valence-corrected chi connectivity index (χ4v) is 4.45. The zero-order valence-corrected chi connectivity index (χ0v) is 13.7. The molecule has 23 heavy (non-hydrogen) atoms. The Kier molecular flexibility index (Phi) is 4.16. The molecule has 0 bridgehead atoms. The van der Waals surface area contributed by atoms with Gasteiger partial charge in [0.1, 0.15) is 7.05 Å². The number of carbonyl (C=O) groups excluding carboxylic acids is 2. The highest BCUT2D eigenvalue weighted by Crippen LogP contribution is 2.47. The zero-order chi connectivity index (χ0) is 16.7. The monoisotopic (exact) mass is 334 g/mol. The predicted molar refractivity (Wildman–Crippen MR) is 81.4 cm³/mol. The van der Waals surface area contributed by atoms with Crippen LogP contribution in [0.5, 0.6) is 0 Å². The number of hydrogen-bond acceptors (Lipinski definition) is 5. The molecular formula is C16H18N2O4S. The van der Waals surface area contributed by atoms with Crippen molar-refractivity contribution in [3.05, 3.63) is 40.7 Å². The SMILES string of the molecule is CC(O)C1C(=O)N2C(C(=O)[O-])=C(SCc3cccc[n+]3C)CC12. The summed E-state index contributed by atoms with van der Waals surface area (Å²) in [5.74, 6) is -1.57. The molecule has 3 rings (SSSR count). The van der Waals surface area contributed by atoms with Crippen LogP contribution in [0.25, 0.3) is 0 Å². The van der Waals surface area contributed by atoms with E-state index < -0.39 is 18.0 Å². The fourth-order valence-electron chi connectivity index (χ4n) is 3.22. The van der Waals surface area contributed by atoms with Gasteiger partial charge in [0.05, 0.1) is 35.5 Å². The summed E-state index contributed by atoms with van der Waals surface area (Å²) in [6.07, 6.45) is 1.62. The molecule has 1 saturated heterocycles. The molecule has 3 unspecified atom stereocenters. The number of hydrogen-bond donors (Lipinski definition) is 1. The van der Waals surface area contributed by atoms with Gasteiger partial charge in [0, 0.05) is 23.5 Å². The number of carbonyl (C=O) groups is 2. The molecule has 1 amide bonds. The molecule has 3 heterocycles. The first kappa shape index (κ1) is 16.0. The molecule has 1 aromatic rings. The average Bonchev–Trinajstić information content (AvgIpc) is 2.80. The topological polar surface area (TPSA) is 84.5 Å². The smallest absolute Gasteiger partial charge is 0.235 e. The standard InChI is InChI=1S/C16H18N2O4S/c1-9(19)13-11-7-12(14(16(21)22)18(11)15(13)20)23-8-10-5-3-4-6-17(10)2/h3-6,9,11,13,19H,7-8H2,1-2H3. The minimum absolute atomic E-state index is 0.0273. The highest BCUT2D eigenvalue weighted by atomic mass is 32.2. The minimum atomic E-state index is -1.33. The molecule has 2 aliphatic heterocycles. The third-order valence-corrected chi connectivity index (χ3v) is 5.59. The Balaban J connectivity index is 1.80. The average molecular weight is 334 g/mol. The summed E-state index contributed by atoms with van der Waals surface area (Å²) in [6.45, 7) is 1.56. The van der Waals surface area contributed by atoms with Crippen molar-refractivity contribution in [2.45, 2.75) is 31.2 Å². The molecule has 0 spiro atoms. The van der Waals surface area contributed by atoms with Gasteiger partial charge in [-0.2, -0.15) is 0 Å². The summed E-state index contributed by atoms with van der Waals surface area (Å²) in [7, 11) is 1.93. The molecule has 0 aliphatic carbocycles. The van der Waals surface area contributed by atoms with E-state index in [4.69, 9.17) is 0 Å². The van der Waals surface area contributed by atoms with E-state index in [1.54, 1.807) is 6.92 Å². The lowest BCUT2D eigenvalue weighted by Gasteiger charge is -2.45. The van der Waals surface area contributed by atoms with E-state index in [1.165, 1.54) is 16.7 Å². The van der Waals surface area contributed by atoms with Crippen LogP contribution in [0, 0.1) is 5.92 Å². The number of amides is 1. The number of pyridine rings is 1. The molecule has 0 saturated carbocycles. The summed E-state index contributed by atoms with van der Waals surface area (Å²) in [5.41, 5.74) is 1.02. The third kappa shape index (κ3) is 2.64. The first-order chi connectivity index (χ1) is 10.9. The number of aliphatic hydroxyl groups excluding tert-OH is 1. The Morgan fingerprint density at radius 1 is 1.57 bits per heavy atom. The van der Waals surface area contributed by atoms with Crippen LogP contribution in [0.3, 0.4) is 0 Å². The van der Waals surface area contributed by atoms with Gasteiger partial charge in [-0.25, -0.2) is 4.57 Å².